The maximum atomic E-state index is 13.0. The van der Waals surface area contributed by atoms with Gasteiger partial charge in [-0.3, -0.25) is 4.79 Å². The van der Waals surface area contributed by atoms with Crippen LogP contribution in [0.25, 0.3) is 0 Å². The van der Waals surface area contributed by atoms with Crippen LogP contribution in [0.2, 0.25) is 0 Å². The minimum absolute atomic E-state index is 0.130. The van der Waals surface area contributed by atoms with Crippen molar-refractivity contribution in [2.45, 2.75) is 161 Å². The Balaban J connectivity index is 1.25. The SMILES string of the molecule is C=C1/C(=C\C=C2/CCC[C@]3(C)[C@@H]([C@H](C)/C=C/[C@H](O)CCC4(C(=O)CCCCCCCCC)CC4)CC[C@@H]23)C[C@@H](O)C[C@@H]1O. The summed E-state index contributed by atoms with van der Waals surface area (Å²) in [5.74, 6) is 2.00. The Kier molecular flexibility index (Phi) is 12.5. The fraction of sp³-hybridized carbons (Fsp3) is 0.769. The molecule has 4 aliphatic rings. The summed E-state index contributed by atoms with van der Waals surface area (Å²) in [6, 6.07) is 0. The van der Waals surface area contributed by atoms with Crippen LogP contribution in [-0.2, 0) is 4.79 Å². The third-order valence-electron chi connectivity index (χ3n) is 11.9. The second kappa shape index (κ2) is 15.7. The molecular weight excluding hydrogens is 532 g/mol. The van der Waals surface area contributed by atoms with E-state index in [0.29, 0.717) is 42.8 Å². The Hall–Kier alpha value is -1.49. The van der Waals surface area contributed by atoms with Crippen LogP contribution >= 0.6 is 0 Å². The number of carbonyl (C=O) groups excluding carboxylic acids is 1. The Morgan fingerprint density at radius 3 is 2.47 bits per heavy atom. The molecule has 0 aromatic carbocycles. The van der Waals surface area contributed by atoms with Crippen LogP contribution in [0, 0.1) is 28.6 Å². The molecule has 7 atom stereocenters. The molecule has 0 radical (unpaired) electrons. The fourth-order valence-corrected chi connectivity index (χ4v) is 8.89. The van der Waals surface area contributed by atoms with E-state index < -0.39 is 18.3 Å². The van der Waals surface area contributed by atoms with Crippen molar-refractivity contribution >= 4 is 5.78 Å². The molecule has 242 valence electrons. The third kappa shape index (κ3) is 8.82. The fourth-order valence-electron chi connectivity index (χ4n) is 8.89. The van der Waals surface area contributed by atoms with Crippen molar-refractivity contribution in [3.8, 4) is 0 Å². The lowest BCUT2D eigenvalue weighted by atomic mass is 9.61. The summed E-state index contributed by atoms with van der Waals surface area (Å²) in [6.45, 7) is 11.1. The van der Waals surface area contributed by atoms with Gasteiger partial charge >= 0.3 is 0 Å². The van der Waals surface area contributed by atoms with Gasteiger partial charge in [-0.15, -0.1) is 0 Å². The highest BCUT2D eigenvalue weighted by atomic mass is 16.3. The van der Waals surface area contributed by atoms with Crippen molar-refractivity contribution in [1.82, 2.24) is 0 Å². The van der Waals surface area contributed by atoms with E-state index in [1.54, 1.807) is 0 Å². The second-order valence-electron chi connectivity index (χ2n) is 15.1. The molecule has 0 heterocycles. The van der Waals surface area contributed by atoms with Crippen molar-refractivity contribution < 1.29 is 20.1 Å². The number of carbonyl (C=O) groups is 1. The van der Waals surface area contributed by atoms with Crippen LogP contribution in [-0.4, -0.2) is 39.4 Å². The van der Waals surface area contributed by atoms with E-state index in [2.05, 4.69) is 45.6 Å². The average molecular weight is 595 g/mol. The molecule has 0 bridgehead atoms. The minimum atomic E-state index is -0.644. The van der Waals surface area contributed by atoms with Crippen LogP contribution < -0.4 is 0 Å². The highest BCUT2D eigenvalue weighted by Gasteiger charge is 2.50. The molecule has 4 fully saturated rings. The van der Waals surface area contributed by atoms with Crippen molar-refractivity contribution in [2.75, 3.05) is 0 Å². The highest BCUT2D eigenvalue weighted by Crippen LogP contribution is 2.59. The van der Waals surface area contributed by atoms with Gasteiger partial charge in [0.1, 0.15) is 5.78 Å². The molecular formula is C39H62O4. The molecule has 0 saturated heterocycles. The number of Topliss-reactive ketones (excluding diaryl/α,β-unsaturated/α-hetero) is 1. The molecule has 4 rings (SSSR count). The summed E-state index contributed by atoms with van der Waals surface area (Å²) in [5.41, 5.74) is 3.37. The normalized spacial score (nSPS) is 33.7. The molecule has 0 spiro atoms. The van der Waals surface area contributed by atoms with E-state index in [1.165, 1.54) is 69.8 Å². The monoisotopic (exact) mass is 594 g/mol. The predicted molar refractivity (Wildman–Crippen MR) is 178 cm³/mol. The summed E-state index contributed by atoms with van der Waals surface area (Å²) in [7, 11) is 0. The zero-order valence-electron chi connectivity index (χ0n) is 27.7. The summed E-state index contributed by atoms with van der Waals surface area (Å²) >= 11 is 0. The number of hydrogen-bond donors (Lipinski definition) is 3. The number of fused-ring (bicyclic) bond motifs is 1. The van der Waals surface area contributed by atoms with Crippen molar-refractivity contribution in [3.05, 3.63) is 47.6 Å². The minimum Gasteiger partial charge on any atom is -0.393 e. The largest absolute Gasteiger partial charge is 0.393 e. The lowest BCUT2D eigenvalue weighted by molar-refractivity contribution is -0.124. The second-order valence-corrected chi connectivity index (χ2v) is 15.1. The zero-order valence-corrected chi connectivity index (χ0v) is 27.7. The molecule has 0 aromatic rings. The molecule has 4 nitrogen and oxygen atoms in total. The topological polar surface area (TPSA) is 77.8 Å². The molecule has 43 heavy (non-hydrogen) atoms. The molecule has 4 heteroatoms. The standard InChI is InChI=1S/C39H62O4/c1-5-6-7-8-9-10-11-14-37(43)39(24-25-39)23-21-32(40)18-15-28(2)34-19-20-35-30(13-12-22-38(34,35)4)16-17-31-26-33(41)27-36(42)29(31)3/h15-18,28,32-36,40-42H,3,5-14,19-27H2,1-2,4H3/b18-15+,30-16+,31-17-/t28-,32+,33-,34-,35+,36+,38-/m1/s1. The van der Waals surface area contributed by atoms with Crippen molar-refractivity contribution in [1.29, 1.82) is 0 Å². The van der Waals surface area contributed by atoms with Gasteiger partial charge < -0.3 is 15.3 Å². The number of rotatable bonds is 16. The number of aliphatic hydroxyl groups is 3. The van der Waals surface area contributed by atoms with Gasteiger partial charge in [-0.2, -0.15) is 0 Å². The van der Waals surface area contributed by atoms with Crippen LogP contribution in [0.5, 0.6) is 0 Å². The van der Waals surface area contributed by atoms with Gasteiger partial charge in [-0.05, 0) is 105 Å². The highest BCUT2D eigenvalue weighted by molar-refractivity contribution is 5.87. The number of unbranched alkanes of at least 4 members (excludes halogenated alkanes) is 6. The van der Waals surface area contributed by atoms with Crippen LogP contribution in [0.3, 0.4) is 0 Å². The first-order chi connectivity index (χ1) is 20.6. The molecule has 0 aliphatic heterocycles. The number of hydrogen-bond acceptors (Lipinski definition) is 4. The molecule has 4 saturated carbocycles. The van der Waals surface area contributed by atoms with Gasteiger partial charge in [-0.1, -0.05) is 95.8 Å². The van der Waals surface area contributed by atoms with Gasteiger partial charge in [0.2, 0.25) is 0 Å². The number of aliphatic hydroxyl groups excluding tert-OH is 3. The van der Waals surface area contributed by atoms with Crippen molar-refractivity contribution in [2.24, 2.45) is 28.6 Å². The summed E-state index contributed by atoms with van der Waals surface area (Å²) in [5, 5.41) is 31.3. The summed E-state index contributed by atoms with van der Waals surface area (Å²) in [6.07, 6.45) is 26.9. The van der Waals surface area contributed by atoms with Gasteiger partial charge in [0.25, 0.3) is 0 Å². The van der Waals surface area contributed by atoms with Crippen LogP contribution in [0.4, 0.5) is 0 Å². The van der Waals surface area contributed by atoms with E-state index >= 15 is 0 Å². The maximum absolute atomic E-state index is 13.0. The van der Waals surface area contributed by atoms with Crippen LogP contribution in [0.15, 0.2) is 47.6 Å². The lowest BCUT2D eigenvalue weighted by Crippen LogP contribution is -2.35. The molecule has 0 unspecified atom stereocenters. The Morgan fingerprint density at radius 2 is 1.74 bits per heavy atom. The van der Waals surface area contributed by atoms with E-state index in [0.717, 1.165) is 49.7 Å². The Bertz CT molecular complexity index is 1030. The first kappa shape index (κ1) is 34.4. The molecule has 0 amide bonds. The third-order valence-corrected chi connectivity index (χ3v) is 11.9. The maximum Gasteiger partial charge on any atom is 0.139 e. The number of ketones is 1. The van der Waals surface area contributed by atoms with E-state index in [4.69, 9.17) is 0 Å². The van der Waals surface area contributed by atoms with Gasteiger partial charge in [-0.25, -0.2) is 0 Å². The van der Waals surface area contributed by atoms with E-state index in [-0.39, 0.29) is 10.8 Å². The predicted octanol–water partition coefficient (Wildman–Crippen LogP) is 8.95. The average Bonchev–Trinajstić information content (AvgIpc) is 3.69. The van der Waals surface area contributed by atoms with Gasteiger partial charge in [0, 0.05) is 18.3 Å². The smallest absolute Gasteiger partial charge is 0.139 e. The van der Waals surface area contributed by atoms with E-state index in [9.17, 15) is 20.1 Å². The van der Waals surface area contributed by atoms with Crippen LogP contribution in [0.1, 0.15) is 143 Å². The van der Waals surface area contributed by atoms with Gasteiger partial charge in [0.15, 0.2) is 0 Å². The zero-order chi connectivity index (χ0) is 31.0. The molecule has 0 aromatic heterocycles. The van der Waals surface area contributed by atoms with E-state index in [1.807, 2.05) is 6.08 Å². The summed E-state index contributed by atoms with van der Waals surface area (Å²) in [4.78, 5) is 13.0. The van der Waals surface area contributed by atoms with Gasteiger partial charge in [0.05, 0.1) is 18.3 Å². The first-order valence-electron chi connectivity index (χ1n) is 17.9. The van der Waals surface area contributed by atoms with Crippen molar-refractivity contribution in [3.63, 3.8) is 0 Å². The summed E-state index contributed by atoms with van der Waals surface area (Å²) < 4.78 is 0. The number of allylic oxidation sites excluding steroid dienone is 4. The molecule has 4 aliphatic carbocycles. The molecule has 3 N–H and O–H groups in total. The first-order valence-corrected chi connectivity index (χ1v) is 17.9. The Morgan fingerprint density at radius 1 is 1.02 bits per heavy atom. The lowest BCUT2D eigenvalue weighted by Gasteiger charge is -2.44. The Labute approximate surface area is 262 Å². The quantitative estimate of drug-likeness (QED) is 0.123.